The fourth-order valence-electron chi connectivity index (χ4n) is 3.55. The van der Waals surface area contributed by atoms with Crippen molar-refractivity contribution >= 4 is 21.8 Å². The van der Waals surface area contributed by atoms with Gasteiger partial charge in [-0.2, -0.15) is 5.10 Å². The van der Waals surface area contributed by atoms with Crippen LogP contribution >= 0.6 is 0 Å². The summed E-state index contributed by atoms with van der Waals surface area (Å²) in [6.45, 7) is 2.09. The predicted molar refractivity (Wildman–Crippen MR) is 111 cm³/mol. The van der Waals surface area contributed by atoms with Crippen LogP contribution in [0, 0.1) is 6.92 Å². The van der Waals surface area contributed by atoms with E-state index in [0.717, 1.165) is 44.3 Å². The lowest BCUT2D eigenvalue weighted by molar-refractivity contribution is 0.398. The van der Waals surface area contributed by atoms with Crippen LogP contribution in [0.4, 0.5) is 0 Å². The average molecular weight is 366 g/mol. The lowest BCUT2D eigenvalue weighted by atomic mass is 10.0. The van der Waals surface area contributed by atoms with Crippen molar-refractivity contribution in [3.05, 3.63) is 72.4 Å². The van der Waals surface area contributed by atoms with Crippen LogP contribution in [0.15, 0.2) is 66.9 Å². The Balaban J connectivity index is 1.77. The van der Waals surface area contributed by atoms with Gasteiger partial charge >= 0.3 is 0 Å². The van der Waals surface area contributed by atoms with Crippen molar-refractivity contribution < 1.29 is 4.74 Å². The summed E-state index contributed by atoms with van der Waals surface area (Å²) in [5.41, 5.74) is 6.93. The predicted octanol–water partition coefficient (Wildman–Crippen LogP) is 5.16. The van der Waals surface area contributed by atoms with E-state index in [1.54, 1.807) is 7.11 Å². The van der Waals surface area contributed by atoms with E-state index < -0.39 is 0 Å². The number of nitrogens with zero attached hydrogens (tertiary/aromatic N) is 3. The molecule has 5 aromatic rings. The third kappa shape index (κ3) is 2.68. The van der Waals surface area contributed by atoms with Crippen LogP contribution in [0.5, 0.6) is 5.88 Å². The number of ether oxygens (including phenoxy) is 1. The summed E-state index contributed by atoms with van der Waals surface area (Å²) in [6, 6.07) is 20.3. The smallest absolute Gasteiger partial charge is 0.213 e. The lowest BCUT2D eigenvalue weighted by Gasteiger charge is -2.07. The maximum Gasteiger partial charge on any atom is 0.213 e. The molecule has 0 radical (unpaired) electrons. The highest BCUT2D eigenvalue weighted by molar-refractivity contribution is 6.11. The Bertz CT molecular complexity index is 1320. The van der Waals surface area contributed by atoms with E-state index in [0.29, 0.717) is 5.88 Å². The maximum atomic E-state index is 5.27. The van der Waals surface area contributed by atoms with Gasteiger partial charge in [0.1, 0.15) is 5.69 Å². The molecule has 5 rings (SSSR count). The first-order chi connectivity index (χ1) is 13.7. The van der Waals surface area contributed by atoms with Crippen molar-refractivity contribution in [3.8, 4) is 28.4 Å². The SMILES string of the molecule is COc1cccc(-c2ccc3ncc4[nH]nc(-c5cccc(C)c5)c4c3c2)n1. The molecule has 0 spiro atoms. The maximum absolute atomic E-state index is 5.27. The zero-order chi connectivity index (χ0) is 19.1. The summed E-state index contributed by atoms with van der Waals surface area (Å²) in [4.78, 5) is 9.15. The molecule has 0 fully saturated rings. The monoisotopic (exact) mass is 366 g/mol. The normalized spacial score (nSPS) is 11.2. The van der Waals surface area contributed by atoms with E-state index in [4.69, 9.17) is 4.74 Å². The van der Waals surface area contributed by atoms with Crippen LogP contribution in [0.25, 0.3) is 44.3 Å². The van der Waals surface area contributed by atoms with Crippen molar-refractivity contribution in [2.45, 2.75) is 6.92 Å². The molecule has 0 aliphatic rings. The van der Waals surface area contributed by atoms with Gasteiger partial charge in [-0.15, -0.1) is 0 Å². The second kappa shape index (κ2) is 6.46. The Morgan fingerprint density at radius 3 is 2.68 bits per heavy atom. The van der Waals surface area contributed by atoms with E-state index >= 15 is 0 Å². The van der Waals surface area contributed by atoms with Crippen molar-refractivity contribution in [2.75, 3.05) is 7.11 Å². The largest absolute Gasteiger partial charge is 0.481 e. The second-order valence-corrected chi connectivity index (χ2v) is 6.79. The molecular formula is C23H18N4O. The van der Waals surface area contributed by atoms with Gasteiger partial charge in [0.25, 0.3) is 0 Å². The number of hydrogen-bond acceptors (Lipinski definition) is 4. The Morgan fingerprint density at radius 2 is 1.82 bits per heavy atom. The summed E-state index contributed by atoms with van der Waals surface area (Å²) in [7, 11) is 1.62. The number of methoxy groups -OCH3 is 1. The number of aryl methyl sites for hydroxylation is 1. The zero-order valence-corrected chi connectivity index (χ0v) is 15.6. The van der Waals surface area contributed by atoms with E-state index in [1.807, 2.05) is 36.5 Å². The van der Waals surface area contributed by atoms with Crippen molar-refractivity contribution in [1.29, 1.82) is 0 Å². The number of rotatable bonds is 3. The molecule has 136 valence electrons. The first kappa shape index (κ1) is 16.4. The number of hydrogen-bond donors (Lipinski definition) is 1. The first-order valence-electron chi connectivity index (χ1n) is 9.08. The van der Waals surface area contributed by atoms with E-state index in [-0.39, 0.29) is 0 Å². The Morgan fingerprint density at radius 1 is 0.929 bits per heavy atom. The summed E-state index contributed by atoms with van der Waals surface area (Å²) >= 11 is 0. The zero-order valence-electron chi connectivity index (χ0n) is 15.6. The highest BCUT2D eigenvalue weighted by atomic mass is 16.5. The molecule has 0 amide bonds. The first-order valence-corrected chi connectivity index (χ1v) is 9.08. The van der Waals surface area contributed by atoms with Crippen molar-refractivity contribution in [3.63, 3.8) is 0 Å². The van der Waals surface area contributed by atoms with Crippen molar-refractivity contribution in [1.82, 2.24) is 20.2 Å². The lowest BCUT2D eigenvalue weighted by Crippen LogP contribution is -1.90. The topological polar surface area (TPSA) is 63.7 Å². The molecule has 0 saturated carbocycles. The highest BCUT2D eigenvalue weighted by Crippen LogP contribution is 2.34. The molecule has 3 aromatic heterocycles. The minimum absolute atomic E-state index is 0.595. The number of H-pyrrole nitrogens is 1. The van der Waals surface area contributed by atoms with Gasteiger partial charge in [0.15, 0.2) is 0 Å². The molecular weight excluding hydrogens is 348 g/mol. The Hall–Kier alpha value is -3.73. The number of nitrogens with one attached hydrogen (secondary N) is 1. The number of pyridine rings is 2. The summed E-state index contributed by atoms with van der Waals surface area (Å²) in [5, 5.41) is 9.83. The minimum Gasteiger partial charge on any atom is -0.481 e. The molecule has 0 atom stereocenters. The van der Waals surface area contributed by atoms with Crippen LogP contribution in [-0.2, 0) is 0 Å². The fraction of sp³-hybridized carbons (Fsp3) is 0.0870. The summed E-state index contributed by atoms with van der Waals surface area (Å²) < 4.78 is 5.27. The van der Waals surface area contributed by atoms with Gasteiger partial charge in [0.05, 0.1) is 30.0 Å². The molecule has 5 nitrogen and oxygen atoms in total. The van der Waals surface area contributed by atoms with E-state index in [9.17, 15) is 0 Å². The molecule has 1 N–H and O–H groups in total. The van der Waals surface area contributed by atoms with Gasteiger partial charge in [0.2, 0.25) is 5.88 Å². The van der Waals surface area contributed by atoms with E-state index in [1.165, 1.54) is 5.56 Å². The van der Waals surface area contributed by atoms with Gasteiger partial charge in [-0.1, -0.05) is 35.9 Å². The molecule has 5 heteroatoms. The van der Waals surface area contributed by atoms with E-state index in [2.05, 4.69) is 57.4 Å². The fourth-order valence-corrected chi connectivity index (χ4v) is 3.55. The standard InChI is InChI=1S/C23H18N4O/c1-14-5-3-6-16(11-14)23-22-17-12-15(18-7-4-8-21(25-18)28-2)9-10-19(17)24-13-20(22)26-27-23/h3-13H,1-2H3,(H,26,27). The van der Waals surface area contributed by atoms with Gasteiger partial charge in [-0.25, -0.2) is 4.98 Å². The van der Waals surface area contributed by atoms with Gasteiger partial charge in [-0.05, 0) is 31.2 Å². The van der Waals surface area contributed by atoms with Crippen LogP contribution < -0.4 is 4.74 Å². The Labute approximate surface area is 162 Å². The molecule has 0 aliphatic heterocycles. The Kier molecular flexibility index (Phi) is 3.79. The number of aromatic nitrogens is 4. The van der Waals surface area contributed by atoms with Crippen LogP contribution in [-0.4, -0.2) is 27.3 Å². The number of aromatic amines is 1. The molecule has 28 heavy (non-hydrogen) atoms. The minimum atomic E-state index is 0.595. The van der Waals surface area contributed by atoms with Gasteiger partial charge < -0.3 is 4.74 Å². The second-order valence-electron chi connectivity index (χ2n) is 6.79. The van der Waals surface area contributed by atoms with Crippen LogP contribution in [0.1, 0.15) is 5.56 Å². The van der Waals surface area contributed by atoms with Crippen LogP contribution in [0.2, 0.25) is 0 Å². The summed E-state index contributed by atoms with van der Waals surface area (Å²) in [6.07, 6.45) is 1.84. The molecule has 0 bridgehead atoms. The molecule has 0 aliphatic carbocycles. The highest BCUT2D eigenvalue weighted by Gasteiger charge is 2.14. The van der Waals surface area contributed by atoms with Gasteiger partial charge in [0, 0.05) is 28.0 Å². The number of benzene rings is 2. The molecule has 0 unspecified atom stereocenters. The number of fused-ring (bicyclic) bond motifs is 3. The molecule has 0 saturated heterocycles. The summed E-state index contributed by atoms with van der Waals surface area (Å²) in [5.74, 6) is 0.595. The van der Waals surface area contributed by atoms with Crippen molar-refractivity contribution in [2.24, 2.45) is 0 Å². The van der Waals surface area contributed by atoms with Crippen LogP contribution in [0.3, 0.4) is 0 Å². The van der Waals surface area contributed by atoms with Gasteiger partial charge in [-0.3, -0.25) is 10.1 Å². The third-order valence-electron chi connectivity index (χ3n) is 4.91. The average Bonchev–Trinajstić information content (AvgIpc) is 3.18. The quantitative estimate of drug-likeness (QED) is 0.479. The molecule has 2 aromatic carbocycles. The third-order valence-corrected chi connectivity index (χ3v) is 4.91. The molecule has 3 heterocycles.